The number of carbonyl (C=O) groups excluding carboxylic acids is 1. The summed E-state index contributed by atoms with van der Waals surface area (Å²) < 4.78 is 5.12. The molecular weight excluding hydrogens is 204 g/mol. The molecule has 16 heavy (non-hydrogen) atoms. The molecule has 1 rings (SSSR count). The van der Waals surface area contributed by atoms with Crippen LogP contribution >= 0.6 is 0 Å². The summed E-state index contributed by atoms with van der Waals surface area (Å²) >= 11 is 0. The lowest BCUT2D eigenvalue weighted by atomic mass is 10.4. The van der Waals surface area contributed by atoms with Crippen molar-refractivity contribution in [3.05, 3.63) is 30.2 Å². The van der Waals surface area contributed by atoms with Crippen molar-refractivity contribution in [1.82, 2.24) is 10.6 Å². The first-order chi connectivity index (χ1) is 7.68. The van der Waals surface area contributed by atoms with E-state index in [1.54, 1.807) is 6.26 Å². The van der Waals surface area contributed by atoms with Gasteiger partial charge in [-0.1, -0.05) is 6.08 Å². The number of amides is 1. The molecule has 0 bridgehead atoms. The highest BCUT2D eigenvalue weighted by Crippen LogP contribution is 2.01. The molecule has 0 saturated carbocycles. The van der Waals surface area contributed by atoms with Gasteiger partial charge >= 0.3 is 0 Å². The lowest BCUT2D eigenvalue weighted by molar-refractivity contribution is -0.120. The highest BCUT2D eigenvalue weighted by Gasteiger charge is 2.00. The molecule has 4 heteroatoms. The molecule has 0 radical (unpaired) electrons. The van der Waals surface area contributed by atoms with Gasteiger partial charge in [0.2, 0.25) is 5.91 Å². The zero-order valence-electron chi connectivity index (χ0n) is 9.69. The van der Waals surface area contributed by atoms with Crippen LogP contribution in [0.15, 0.2) is 28.9 Å². The maximum Gasteiger partial charge on any atom is 0.234 e. The molecule has 1 aromatic heterocycles. The number of hydrogen-bond donors (Lipinski definition) is 2. The number of carbonyl (C=O) groups is 1. The molecule has 88 valence electrons. The third-order valence-electron chi connectivity index (χ3n) is 1.82. The summed E-state index contributed by atoms with van der Waals surface area (Å²) in [6.07, 6.45) is 5.41. The molecule has 0 spiro atoms. The van der Waals surface area contributed by atoms with Gasteiger partial charge in [0.15, 0.2) is 0 Å². The Morgan fingerprint density at radius 3 is 3.00 bits per heavy atom. The molecule has 0 unspecified atom stereocenters. The fourth-order valence-electron chi connectivity index (χ4n) is 1.20. The summed E-state index contributed by atoms with van der Waals surface area (Å²) in [5.74, 6) is 0.829. The van der Waals surface area contributed by atoms with Crippen molar-refractivity contribution in [1.29, 1.82) is 0 Å². The van der Waals surface area contributed by atoms with Gasteiger partial charge in [0.1, 0.15) is 5.76 Å². The van der Waals surface area contributed by atoms with Gasteiger partial charge in [-0.05, 0) is 32.1 Å². The first-order valence-corrected chi connectivity index (χ1v) is 5.38. The molecule has 1 amide bonds. The second kappa shape index (κ2) is 6.85. The molecule has 0 aliphatic rings. The van der Waals surface area contributed by atoms with E-state index in [-0.39, 0.29) is 11.9 Å². The van der Waals surface area contributed by atoms with E-state index in [0.717, 1.165) is 5.76 Å². The van der Waals surface area contributed by atoms with E-state index < -0.39 is 0 Å². The topological polar surface area (TPSA) is 54.3 Å². The number of hydrogen-bond acceptors (Lipinski definition) is 3. The van der Waals surface area contributed by atoms with Crippen molar-refractivity contribution < 1.29 is 9.21 Å². The Bertz CT molecular complexity index is 329. The Balaban J connectivity index is 2.10. The van der Waals surface area contributed by atoms with Crippen LogP contribution in [0.2, 0.25) is 0 Å². The summed E-state index contributed by atoms with van der Waals surface area (Å²) in [4.78, 5) is 11.2. The molecule has 1 aromatic rings. The summed E-state index contributed by atoms with van der Waals surface area (Å²) in [5, 5.41) is 5.82. The molecule has 0 aliphatic heterocycles. The van der Waals surface area contributed by atoms with Gasteiger partial charge in [0.25, 0.3) is 0 Å². The zero-order valence-corrected chi connectivity index (χ0v) is 9.69. The second-order valence-electron chi connectivity index (χ2n) is 3.77. The summed E-state index contributed by atoms with van der Waals surface area (Å²) in [6, 6.07) is 3.90. The number of nitrogens with one attached hydrogen (secondary N) is 2. The van der Waals surface area contributed by atoms with Crippen LogP contribution in [0.3, 0.4) is 0 Å². The van der Waals surface area contributed by atoms with E-state index >= 15 is 0 Å². The normalized spacial score (nSPS) is 11.2. The van der Waals surface area contributed by atoms with Gasteiger partial charge in [-0.25, -0.2) is 0 Å². The quantitative estimate of drug-likeness (QED) is 0.715. The Labute approximate surface area is 95.7 Å². The Hall–Kier alpha value is -1.55. The van der Waals surface area contributed by atoms with E-state index in [2.05, 4.69) is 10.6 Å². The number of rotatable bonds is 6. The van der Waals surface area contributed by atoms with Gasteiger partial charge in [0, 0.05) is 12.6 Å². The fourth-order valence-corrected chi connectivity index (χ4v) is 1.20. The minimum Gasteiger partial charge on any atom is -0.465 e. The summed E-state index contributed by atoms with van der Waals surface area (Å²) in [5.41, 5.74) is 0. The van der Waals surface area contributed by atoms with Crippen LogP contribution in [0.5, 0.6) is 0 Å². The SMILES string of the molecule is CC(C)NC(=O)CNC/C=C/c1ccco1. The maximum absolute atomic E-state index is 11.2. The monoisotopic (exact) mass is 222 g/mol. The summed E-state index contributed by atoms with van der Waals surface area (Å²) in [6.45, 7) is 4.86. The van der Waals surface area contributed by atoms with Crippen LogP contribution in [-0.2, 0) is 4.79 Å². The van der Waals surface area contributed by atoms with Crippen molar-refractivity contribution in [2.45, 2.75) is 19.9 Å². The first-order valence-electron chi connectivity index (χ1n) is 5.38. The maximum atomic E-state index is 11.2. The fraction of sp³-hybridized carbons (Fsp3) is 0.417. The van der Waals surface area contributed by atoms with Gasteiger partial charge in [-0.2, -0.15) is 0 Å². The average molecular weight is 222 g/mol. The van der Waals surface area contributed by atoms with Crippen molar-refractivity contribution >= 4 is 12.0 Å². The largest absolute Gasteiger partial charge is 0.465 e. The Morgan fingerprint density at radius 2 is 2.38 bits per heavy atom. The molecule has 0 fully saturated rings. The van der Waals surface area contributed by atoms with Crippen molar-refractivity contribution in [3.63, 3.8) is 0 Å². The third kappa shape index (κ3) is 5.36. The number of furan rings is 1. The van der Waals surface area contributed by atoms with Crippen molar-refractivity contribution in [3.8, 4) is 0 Å². The van der Waals surface area contributed by atoms with Crippen LogP contribution in [0.25, 0.3) is 6.08 Å². The minimum absolute atomic E-state index is 0.0152. The van der Waals surface area contributed by atoms with Crippen LogP contribution in [0.1, 0.15) is 19.6 Å². The van der Waals surface area contributed by atoms with Crippen molar-refractivity contribution in [2.24, 2.45) is 0 Å². The highest BCUT2D eigenvalue weighted by molar-refractivity contribution is 5.78. The van der Waals surface area contributed by atoms with E-state index in [0.29, 0.717) is 13.1 Å². The van der Waals surface area contributed by atoms with Gasteiger partial charge in [-0.3, -0.25) is 4.79 Å². The standard InChI is InChI=1S/C12H18N2O2/c1-10(2)14-12(15)9-13-7-3-5-11-6-4-8-16-11/h3-6,8,10,13H,7,9H2,1-2H3,(H,14,15)/b5-3+. The summed E-state index contributed by atoms with van der Waals surface area (Å²) in [7, 11) is 0. The van der Waals surface area contributed by atoms with E-state index in [1.807, 2.05) is 38.1 Å². The molecule has 0 aliphatic carbocycles. The highest BCUT2D eigenvalue weighted by atomic mass is 16.3. The molecule has 2 N–H and O–H groups in total. The van der Waals surface area contributed by atoms with Gasteiger partial charge in [0.05, 0.1) is 12.8 Å². The van der Waals surface area contributed by atoms with Gasteiger partial charge < -0.3 is 15.1 Å². The molecule has 1 heterocycles. The lowest BCUT2D eigenvalue weighted by Crippen LogP contribution is -2.37. The minimum atomic E-state index is 0.0152. The van der Waals surface area contributed by atoms with Gasteiger partial charge in [-0.15, -0.1) is 0 Å². The predicted octanol–water partition coefficient (Wildman–Crippen LogP) is 1.41. The molecule has 0 atom stereocenters. The van der Waals surface area contributed by atoms with Crippen LogP contribution in [0, 0.1) is 0 Å². The van der Waals surface area contributed by atoms with Crippen molar-refractivity contribution in [2.75, 3.05) is 13.1 Å². The zero-order chi connectivity index (χ0) is 11.8. The van der Waals surface area contributed by atoms with E-state index in [1.165, 1.54) is 0 Å². The molecule has 0 aromatic carbocycles. The first kappa shape index (κ1) is 12.5. The molecule has 0 saturated heterocycles. The Morgan fingerprint density at radius 1 is 1.56 bits per heavy atom. The molecular formula is C12H18N2O2. The lowest BCUT2D eigenvalue weighted by Gasteiger charge is -2.07. The smallest absolute Gasteiger partial charge is 0.234 e. The predicted molar refractivity (Wildman–Crippen MR) is 63.9 cm³/mol. The average Bonchev–Trinajstić information content (AvgIpc) is 2.68. The Kier molecular flexibility index (Phi) is 5.36. The van der Waals surface area contributed by atoms with E-state index in [4.69, 9.17) is 4.42 Å². The third-order valence-corrected chi connectivity index (χ3v) is 1.82. The second-order valence-corrected chi connectivity index (χ2v) is 3.77. The van der Waals surface area contributed by atoms with Crippen LogP contribution in [0.4, 0.5) is 0 Å². The van der Waals surface area contributed by atoms with Crippen LogP contribution in [-0.4, -0.2) is 25.0 Å². The molecule has 4 nitrogen and oxygen atoms in total. The van der Waals surface area contributed by atoms with E-state index in [9.17, 15) is 4.79 Å². The van der Waals surface area contributed by atoms with Crippen LogP contribution < -0.4 is 10.6 Å².